The number of rotatable bonds is 5. The minimum atomic E-state index is -0.344. The van der Waals surface area contributed by atoms with E-state index in [1.807, 2.05) is 79.7 Å². The molecule has 0 bridgehead atoms. The monoisotopic (exact) mass is 460 g/mol. The summed E-state index contributed by atoms with van der Waals surface area (Å²) >= 11 is 3.46. The fraction of sp³-hybridized carbons (Fsp3) is 0.125. The first-order chi connectivity index (χ1) is 14.5. The molecule has 0 aliphatic carbocycles. The number of carbonyl (C=O) groups is 1. The summed E-state index contributed by atoms with van der Waals surface area (Å²) in [5.74, 6) is 0.389. The lowest BCUT2D eigenvalue weighted by atomic mass is 10.1. The van der Waals surface area contributed by atoms with Gasteiger partial charge in [-0.1, -0.05) is 64.8 Å². The van der Waals surface area contributed by atoms with E-state index in [0.29, 0.717) is 11.5 Å². The van der Waals surface area contributed by atoms with Crippen LogP contribution >= 0.6 is 15.9 Å². The van der Waals surface area contributed by atoms with Crippen molar-refractivity contribution in [1.82, 2.24) is 14.8 Å². The quantitative estimate of drug-likeness (QED) is 0.408. The highest BCUT2D eigenvalue weighted by Crippen LogP contribution is 2.23. The Morgan fingerprint density at radius 1 is 0.967 bits per heavy atom. The lowest BCUT2D eigenvalue weighted by Crippen LogP contribution is -2.14. The average molecular weight is 461 g/mol. The molecule has 1 N–H and O–H groups in total. The van der Waals surface area contributed by atoms with Gasteiger partial charge in [0.15, 0.2) is 5.82 Å². The number of aryl methyl sites for hydroxylation is 2. The molecule has 0 saturated carbocycles. The van der Waals surface area contributed by atoms with Crippen molar-refractivity contribution in [3.05, 3.63) is 94.2 Å². The third kappa shape index (κ3) is 4.33. The molecule has 1 amide bonds. The molecule has 4 rings (SSSR count). The van der Waals surface area contributed by atoms with Gasteiger partial charge in [-0.15, -0.1) is 5.10 Å². The van der Waals surface area contributed by atoms with Gasteiger partial charge < -0.3 is 5.32 Å². The lowest BCUT2D eigenvalue weighted by molar-refractivity contribution is 0.101. The van der Waals surface area contributed by atoms with Crippen LogP contribution in [0.2, 0.25) is 0 Å². The second-order valence-corrected chi connectivity index (χ2v) is 7.93. The largest absolute Gasteiger partial charge is 0.319 e. The van der Waals surface area contributed by atoms with Gasteiger partial charge in [-0.05, 0) is 55.3 Å². The normalized spacial score (nSPS) is 10.8. The van der Waals surface area contributed by atoms with Gasteiger partial charge in [-0.2, -0.15) is 0 Å². The molecule has 3 aromatic carbocycles. The molecule has 150 valence electrons. The maximum atomic E-state index is 12.8. The van der Waals surface area contributed by atoms with Gasteiger partial charge in [0.2, 0.25) is 5.82 Å². The standard InChI is InChI=1S/C24H21BrN4O/c1-3-17-6-12-20(13-7-17)26-24(30)22-27-23(18-8-4-16(2)5-9-18)29(28-22)21-14-10-19(25)11-15-21/h4-15H,3H2,1-2H3,(H,26,30). The second-order valence-electron chi connectivity index (χ2n) is 7.02. The van der Waals surface area contributed by atoms with Gasteiger partial charge in [-0.3, -0.25) is 4.79 Å². The van der Waals surface area contributed by atoms with Gasteiger partial charge >= 0.3 is 0 Å². The van der Waals surface area contributed by atoms with Gasteiger partial charge in [0.05, 0.1) is 5.69 Å². The van der Waals surface area contributed by atoms with E-state index in [1.165, 1.54) is 5.56 Å². The van der Waals surface area contributed by atoms with Crippen molar-refractivity contribution in [1.29, 1.82) is 0 Å². The van der Waals surface area contributed by atoms with Crippen LogP contribution in [0.15, 0.2) is 77.3 Å². The molecule has 0 fully saturated rings. The van der Waals surface area contributed by atoms with Gasteiger partial charge in [0, 0.05) is 15.7 Å². The number of anilines is 1. The maximum Gasteiger partial charge on any atom is 0.295 e. The van der Waals surface area contributed by atoms with Crippen molar-refractivity contribution >= 4 is 27.5 Å². The Bertz CT molecular complexity index is 1100. The zero-order chi connectivity index (χ0) is 21.1. The first-order valence-electron chi connectivity index (χ1n) is 9.74. The van der Waals surface area contributed by atoms with Crippen LogP contribution in [0.4, 0.5) is 5.69 Å². The van der Waals surface area contributed by atoms with Crippen molar-refractivity contribution in [3.8, 4) is 17.1 Å². The predicted molar refractivity (Wildman–Crippen MR) is 123 cm³/mol. The molecule has 30 heavy (non-hydrogen) atoms. The summed E-state index contributed by atoms with van der Waals surface area (Å²) in [6, 6.07) is 23.5. The molecule has 0 saturated heterocycles. The number of benzene rings is 3. The number of halogens is 1. The van der Waals surface area contributed by atoms with Crippen LogP contribution in [0.25, 0.3) is 17.1 Å². The Kier molecular flexibility index (Phi) is 5.77. The summed E-state index contributed by atoms with van der Waals surface area (Å²) in [4.78, 5) is 17.4. The molecule has 5 nitrogen and oxygen atoms in total. The number of amides is 1. The molecule has 4 aromatic rings. The molecule has 1 heterocycles. The number of hydrogen-bond acceptors (Lipinski definition) is 3. The Hall–Kier alpha value is -3.25. The van der Waals surface area contributed by atoms with Crippen LogP contribution < -0.4 is 5.32 Å². The van der Waals surface area contributed by atoms with Crippen molar-refractivity contribution in [2.24, 2.45) is 0 Å². The van der Waals surface area contributed by atoms with E-state index >= 15 is 0 Å². The molecule has 6 heteroatoms. The van der Waals surface area contributed by atoms with E-state index in [2.05, 4.69) is 38.3 Å². The highest BCUT2D eigenvalue weighted by molar-refractivity contribution is 9.10. The van der Waals surface area contributed by atoms with Gasteiger partial charge in [0.25, 0.3) is 5.91 Å². The molecule has 0 aliphatic heterocycles. The van der Waals surface area contributed by atoms with E-state index in [1.54, 1.807) is 4.68 Å². The number of hydrogen-bond donors (Lipinski definition) is 1. The zero-order valence-electron chi connectivity index (χ0n) is 16.8. The van der Waals surface area contributed by atoms with Gasteiger partial charge in [-0.25, -0.2) is 9.67 Å². The van der Waals surface area contributed by atoms with Crippen LogP contribution in [-0.2, 0) is 6.42 Å². The summed E-state index contributed by atoms with van der Waals surface area (Å²) < 4.78 is 2.67. The van der Waals surface area contributed by atoms with E-state index in [-0.39, 0.29) is 11.7 Å². The van der Waals surface area contributed by atoms with Crippen LogP contribution in [-0.4, -0.2) is 20.7 Å². The Morgan fingerprint density at radius 3 is 2.27 bits per heavy atom. The van der Waals surface area contributed by atoms with E-state index in [4.69, 9.17) is 0 Å². The fourth-order valence-corrected chi connectivity index (χ4v) is 3.34. The summed E-state index contributed by atoms with van der Waals surface area (Å²) in [7, 11) is 0. The number of nitrogens with zero attached hydrogens (tertiary/aromatic N) is 3. The highest BCUT2D eigenvalue weighted by atomic mass is 79.9. The van der Waals surface area contributed by atoms with Crippen molar-refractivity contribution in [2.75, 3.05) is 5.32 Å². The molecular weight excluding hydrogens is 440 g/mol. The Morgan fingerprint density at radius 2 is 1.63 bits per heavy atom. The molecular formula is C24H21BrN4O. The lowest BCUT2D eigenvalue weighted by Gasteiger charge is -2.06. The summed E-state index contributed by atoms with van der Waals surface area (Å²) in [5, 5.41) is 7.40. The highest BCUT2D eigenvalue weighted by Gasteiger charge is 2.19. The third-order valence-electron chi connectivity index (χ3n) is 4.81. The summed E-state index contributed by atoms with van der Waals surface area (Å²) in [5.41, 5.74) is 4.80. The van der Waals surface area contributed by atoms with Gasteiger partial charge in [0.1, 0.15) is 0 Å². The van der Waals surface area contributed by atoms with Crippen LogP contribution in [0, 0.1) is 6.92 Å². The SMILES string of the molecule is CCc1ccc(NC(=O)c2nc(-c3ccc(C)cc3)n(-c3ccc(Br)cc3)n2)cc1. The van der Waals surface area contributed by atoms with Crippen molar-refractivity contribution in [2.45, 2.75) is 20.3 Å². The van der Waals surface area contributed by atoms with Crippen molar-refractivity contribution in [3.63, 3.8) is 0 Å². The van der Waals surface area contributed by atoms with Crippen molar-refractivity contribution < 1.29 is 4.79 Å². The number of nitrogens with one attached hydrogen (secondary N) is 1. The second kappa shape index (κ2) is 8.63. The predicted octanol–water partition coefficient (Wildman–Crippen LogP) is 5.82. The smallest absolute Gasteiger partial charge is 0.295 e. The zero-order valence-corrected chi connectivity index (χ0v) is 18.3. The third-order valence-corrected chi connectivity index (χ3v) is 5.34. The summed E-state index contributed by atoms with van der Waals surface area (Å²) in [6.45, 7) is 4.13. The fourth-order valence-electron chi connectivity index (χ4n) is 3.07. The summed E-state index contributed by atoms with van der Waals surface area (Å²) in [6.07, 6.45) is 0.952. The molecule has 0 aliphatic rings. The first-order valence-corrected chi connectivity index (χ1v) is 10.5. The Balaban J connectivity index is 1.71. The average Bonchev–Trinajstić information content (AvgIpc) is 3.21. The molecule has 0 spiro atoms. The molecule has 0 atom stereocenters. The maximum absolute atomic E-state index is 12.8. The van der Waals surface area contributed by atoms with Crippen LogP contribution in [0.3, 0.4) is 0 Å². The Labute approximate surface area is 183 Å². The number of carbonyl (C=O) groups excluding carboxylic acids is 1. The molecule has 0 unspecified atom stereocenters. The first kappa shape index (κ1) is 20.0. The minimum absolute atomic E-state index is 0.119. The van der Waals surface area contributed by atoms with E-state index in [9.17, 15) is 4.79 Å². The van der Waals surface area contributed by atoms with Crippen LogP contribution in [0.5, 0.6) is 0 Å². The number of aromatic nitrogens is 3. The molecule has 0 radical (unpaired) electrons. The minimum Gasteiger partial charge on any atom is -0.319 e. The topological polar surface area (TPSA) is 59.8 Å². The van der Waals surface area contributed by atoms with E-state index in [0.717, 1.165) is 27.7 Å². The van der Waals surface area contributed by atoms with E-state index < -0.39 is 0 Å². The molecule has 1 aromatic heterocycles. The van der Waals surface area contributed by atoms with Crippen LogP contribution in [0.1, 0.15) is 28.7 Å².